The van der Waals surface area contributed by atoms with Gasteiger partial charge >= 0.3 is 0 Å². The highest BCUT2D eigenvalue weighted by Gasteiger charge is 2.19. The van der Waals surface area contributed by atoms with E-state index in [9.17, 15) is 4.79 Å². The van der Waals surface area contributed by atoms with E-state index in [1.165, 1.54) is 0 Å². The number of pyridine rings is 1. The number of rotatable bonds is 6. The van der Waals surface area contributed by atoms with Crippen molar-refractivity contribution in [1.82, 2.24) is 29.6 Å². The summed E-state index contributed by atoms with van der Waals surface area (Å²) in [5.74, 6) is 1.71. The number of carbonyl (C=O) groups is 1. The van der Waals surface area contributed by atoms with Gasteiger partial charge < -0.3 is 19.4 Å². The molecule has 0 aliphatic carbocycles. The quantitative estimate of drug-likeness (QED) is 0.515. The predicted octanol–water partition coefficient (Wildman–Crippen LogP) is 2.62. The van der Waals surface area contributed by atoms with Crippen LogP contribution in [0.4, 0.5) is 0 Å². The Kier molecular flexibility index (Phi) is 5.33. The SMILES string of the molecule is COc1ccc(CNC(=O)c2cc3c(cnn3C)c(-c3nc(C)cn3C)n2)c(OC)c1. The molecule has 0 aliphatic heterocycles. The molecule has 31 heavy (non-hydrogen) atoms. The smallest absolute Gasteiger partial charge is 0.270 e. The molecule has 0 saturated heterocycles. The molecular formula is C22H24N6O3. The van der Waals surface area contributed by atoms with E-state index in [4.69, 9.17) is 9.47 Å². The van der Waals surface area contributed by atoms with Crippen LogP contribution in [0.2, 0.25) is 0 Å². The van der Waals surface area contributed by atoms with Crippen molar-refractivity contribution >= 4 is 16.8 Å². The third-order valence-electron chi connectivity index (χ3n) is 5.12. The Hall–Kier alpha value is -3.88. The van der Waals surface area contributed by atoms with Crippen LogP contribution >= 0.6 is 0 Å². The van der Waals surface area contributed by atoms with Crippen LogP contribution in [0.25, 0.3) is 22.4 Å². The van der Waals surface area contributed by atoms with E-state index >= 15 is 0 Å². The average molecular weight is 420 g/mol. The van der Waals surface area contributed by atoms with Crippen molar-refractivity contribution in [2.24, 2.45) is 14.1 Å². The summed E-state index contributed by atoms with van der Waals surface area (Å²) < 4.78 is 14.3. The molecule has 0 bridgehead atoms. The van der Waals surface area contributed by atoms with Crippen molar-refractivity contribution in [1.29, 1.82) is 0 Å². The topological polar surface area (TPSA) is 96.1 Å². The molecule has 0 fully saturated rings. The molecule has 1 N–H and O–H groups in total. The Morgan fingerprint density at radius 1 is 1.13 bits per heavy atom. The number of hydrogen-bond acceptors (Lipinski definition) is 6. The first-order valence-electron chi connectivity index (χ1n) is 9.73. The number of fused-ring (bicyclic) bond motifs is 1. The maximum Gasteiger partial charge on any atom is 0.270 e. The second-order valence-corrected chi connectivity index (χ2v) is 7.23. The van der Waals surface area contributed by atoms with Crippen molar-refractivity contribution in [3.05, 3.63) is 53.6 Å². The highest BCUT2D eigenvalue weighted by atomic mass is 16.5. The summed E-state index contributed by atoms with van der Waals surface area (Å²) in [5.41, 5.74) is 3.42. The van der Waals surface area contributed by atoms with E-state index in [1.54, 1.807) is 37.2 Å². The molecule has 1 amide bonds. The third-order valence-corrected chi connectivity index (χ3v) is 5.12. The molecule has 1 aromatic carbocycles. The maximum absolute atomic E-state index is 13.0. The number of hydrogen-bond donors (Lipinski definition) is 1. The Labute approximate surface area is 179 Å². The summed E-state index contributed by atoms with van der Waals surface area (Å²) in [6.45, 7) is 2.21. The van der Waals surface area contributed by atoms with Gasteiger partial charge in [-0.05, 0) is 25.1 Å². The Morgan fingerprint density at radius 2 is 1.94 bits per heavy atom. The van der Waals surface area contributed by atoms with Crippen LogP contribution < -0.4 is 14.8 Å². The van der Waals surface area contributed by atoms with Gasteiger partial charge in [0.15, 0.2) is 5.82 Å². The number of amides is 1. The molecule has 4 aromatic rings. The Bertz CT molecular complexity index is 1270. The van der Waals surface area contributed by atoms with E-state index in [1.807, 2.05) is 43.9 Å². The molecule has 160 valence electrons. The average Bonchev–Trinajstić information content (AvgIpc) is 3.32. The number of ether oxygens (including phenoxy) is 2. The monoisotopic (exact) mass is 420 g/mol. The fourth-order valence-electron chi connectivity index (χ4n) is 3.53. The Morgan fingerprint density at radius 3 is 2.61 bits per heavy atom. The third kappa shape index (κ3) is 3.81. The molecule has 0 radical (unpaired) electrons. The van der Waals surface area contributed by atoms with Crippen molar-refractivity contribution in [2.75, 3.05) is 14.2 Å². The van der Waals surface area contributed by atoms with Crippen LogP contribution in [0, 0.1) is 6.92 Å². The molecular weight excluding hydrogens is 396 g/mol. The number of methoxy groups -OCH3 is 2. The minimum absolute atomic E-state index is 0.286. The van der Waals surface area contributed by atoms with Crippen LogP contribution in [0.5, 0.6) is 11.5 Å². The zero-order valence-corrected chi connectivity index (χ0v) is 18.1. The first-order valence-corrected chi connectivity index (χ1v) is 9.73. The van der Waals surface area contributed by atoms with Crippen molar-refractivity contribution in [3.63, 3.8) is 0 Å². The second-order valence-electron chi connectivity index (χ2n) is 7.23. The molecule has 9 nitrogen and oxygen atoms in total. The summed E-state index contributed by atoms with van der Waals surface area (Å²) in [4.78, 5) is 22.2. The zero-order valence-electron chi connectivity index (χ0n) is 18.1. The lowest BCUT2D eigenvalue weighted by molar-refractivity contribution is 0.0946. The van der Waals surface area contributed by atoms with Gasteiger partial charge in [-0.15, -0.1) is 0 Å². The summed E-state index contributed by atoms with van der Waals surface area (Å²) in [6, 6.07) is 7.20. The molecule has 0 atom stereocenters. The molecule has 0 saturated carbocycles. The first kappa shape index (κ1) is 20.4. The van der Waals surface area contributed by atoms with Crippen LogP contribution in [-0.2, 0) is 20.6 Å². The minimum atomic E-state index is -0.298. The minimum Gasteiger partial charge on any atom is -0.497 e. The van der Waals surface area contributed by atoms with E-state index in [-0.39, 0.29) is 12.5 Å². The van der Waals surface area contributed by atoms with Gasteiger partial charge in [0.1, 0.15) is 22.9 Å². The van der Waals surface area contributed by atoms with E-state index in [2.05, 4.69) is 20.4 Å². The summed E-state index contributed by atoms with van der Waals surface area (Å²) in [5, 5.41) is 8.09. The number of imidazole rings is 1. The lowest BCUT2D eigenvalue weighted by Gasteiger charge is -2.12. The van der Waals surface area contributed by atoms with Gasteiger partial charge in [-0.1, -0.05) is 0 Å². The molecule has 9 heteroatoms. The molecule has 0 spiro atoms. The van der Waals surface area contributed by atoms with Gasteiger partial charge in [-0.25, -0.2) is 9.97 Å². The van der Waals surface area contributed by atoms with E-state index in [0.717, 1.165) is 22.2 Å². The van der Waals surface area contributed by atoms with Crippen LogP contribution in [-0.4, -0.2) is 44.4 Å². The first-order chi connectivity index (χ1) is 14.9. The van der Waals surface area contributed by atoms with E-state index in [0.29, 0.717) is 28.7 Å². The molecule has 3 heterocycles. The number of nitrogens with zero attached hydrogens (tertiary/aromatic N) is 5. The lowest BCUT2D eigenvalue weighted by Crippen LogP contribution is -2.24. The standard InChI is InChI=1S/C22H24N6O3/c1-13-12-27(2)21(25-13)20-16-11-24-28(3)18(16)9-17(26-20)22(29)23-10-14-6-7-15(30-4)8-19(14)31-5/h6-9,11-12H,10H2,1-5H3,(H,23,29). The number of nitrogens with one attached hydrogen (secondary N) is 1. The van der Waals surface area contributed by atoms with Gasteiger partial charge in [0.25, 0.3) is 5.91 Å². The summed E-state index contributed by atoms with van der Waals surface area (Å²) >= 11 is 0. The van der Waals surface area contributed by atoms with Gasteiger partial charge in [-0.2, -0.15) is 5.10 Å². The number of aryl methyl sites for hydroxylation is 3. The molecule has 3 aromatic heterocycles. The fraction of sp³-hybridized carbons (Fsp3) is 0.273. The summed E-state index contributed by atoms with van der Waals surface area (Å²) in [6.07, 6.45) is 3.66. The van der Waals surface area contributed by atoms with Crippen LogP contribution in [0.1, 0.15) is 21.7 Å². The van der Waals surface area contributed by atoms with Crippen molar-refractivity contribution in [2.45, 2.75) is 13.5 Å². The normalized spacial score (nSPS) is 11.0. The number of benzene rings is 1. The maximum atomic E-state index is 13.0. The van der Waals surface area contributed by atoms with Crippen molar-refractivity contribution in [3.8, 4) is 23.0 Å². The van der Waals surface area contributed by atoms with Crippen molar-refractivity contribution < 1.29 is 14.3 Å². The largest absolute Gasteiger partial charge is 0.497 e. The summed E-state index contributed by atoms with van der Waals surface area (Å²) in [7, 11) is 6.91. The van der Waals surface area contributed by atoms with Crippen LogP contribution in [0.15, 0.2) is 36.7 Å². The van der Waals surface area contributed by atoms with E-state index < -0.39 is 0 Å². The van der Waals surface area contributed by atoms with Gasteiger partial charge in [0.2, 0.25) is 0 Å². The fourth-order valence-corrected chi connectivity index (χ4v) is 3.53. The van der Waals surface area contributed by atoms with Gasteiger partial charge in [0.05, 0.1) is 31.6 Å². The second kappa shape index (κ2) is 8.10. The number of aromatic nitrogens is 5. The Balaban J connectivity index is 1.67. The molecule has 4 rings (SSSR count). The van der Waals surface area contributed by atoms with Gasteiger partial charge in [-0.3, -0.25) is 9.48 Å². The lowest BCUT2D eigenvalue weighted by atomic mass is 10.1. The molecule has 0 aliphatic rings. The zero-order chi connectivity index (χ0) is 22.1. The van der Waals surface area contributed by atoms with Gasteiger partial charge in [0, 0.05) is 43.9 Å². The predicted molar refractivity (Wildman–Crippen MR) is 116 cm³/mol. The molecule has 0 unspecified atom stereocenters. The highest BCUT2D eigenvalue weighted by molar-refractivity contribution is 5.99. The highest BCUT2D eigenvalue weighted by Crippen LogP contribution is 2.27. The van der Waals surface area contributed by atoms with Crippen LogP contribution in [0.3, 0.4) is 0 Å². The number of carbonyl (C=O) groups excluding carboxylic acids is 1.